The number of allylic oxidation sites excluding steroid dienone is 6. The average molecular weight is 1260 g/mol. The van der Waals surface area contributed by atoms with Crippen LogP contribution in [0.15, 0.2) is 36.5 Å². The van der Waals surface area contributed by atoms with E-state index < -0.39 is 26.5 Å². The van der Waals surface area contributed by atoms with Crippen LogP contribution in [-0.4, -0.2) is 74.9 Å². The van der Waals surface area contributed by atoms with Crippen LogP contribution in [0.4, 0.5) is 0 Å². The molecule has 0 aliphatic rings. The first-order chi connectivity index (χ1) is 43.0. The Hall–Kier alpha value is -1.77. The van der Waals surface area contributed by atoms with Crippen LogP contribution < -0.4 is 0 Å². The Morgan fingerprint density at radius 3 is 0.909 bits per heavy atom. The third kappa shape index (κ3) is 73.3. The van der Waals surface area contributed by atoms with Crippen molar-refractivity contribution in [3.05, 3.63) is 36.5 Å². The fraction of sp³-hybridized carbons (Fsp3) is 0.897. The van der Waals surface area contributed by atoms with Crippen LogP contribution in [0.3, 0.4) is 0 Å². The number of carbonyl (C=O) groups excluding carboxylic acids is 2. The van der Waals surface area contributed by atoms with Crippen LogP contribution in [0.1, 0.15) is 399 Å². The van der Waals surface area contributed by atoms with Crippen LogP contribution in [0.25, 0.3) is 0 Å². The summed E-state index contributed by atoms with van der Waals surface area (Å²) < 4.78 is 34.8. The molecule has 520 valence electrons. The van der Waals surface area contributed by atoms with Gasteiger partial charge in [-0.1, -0.05) is 352 Å². The second-order valence-electron chi connectivity index (χ2n) is 27.7. The Morgan fingerprint density at radius 2 is 0.614 bits per heavy atom. The Morgan fingerprint density at radius 1 is 0.352 bits per heavy atom. The molecule has 0 amide bonds. The quantitative estimate of drug-likeness (QED) is 0.0211. The predicted octanol–water partition coefficient (Wildman–Crippen LogP) is 25.4. The van der Waals surface area contributed by atoms with Gasteiger partial charge in [-0.2, -0.15) is 0 Å². The molecule has 0 rings (SSSR count). The molecule has 2 atom stereocenters. The lowest BCUT2D eigenvalue weighted by Gasteiger charge is -2.24. The zero-order valence-corrected chi connectivity index (χ0v) is 60.4. The number of nitrogens with zero attached hydrogens (tertiary/aromatic N) is 1. The van der Waals surface area contributed by atoms with Crippen molar-refractivity contribution >= 4 is 19.8 Å². The molecule has 0 aliphatic heterocycles. The van der Waals surface area contributed by atoms with E-state index in [2.05, 4.69) is 50.3 Å². The lowest BCUT2D eigenvalue weighted by Crippen LogP contribution is -2.37. The summed E-state index contributed by atoms with van der Waals surface area (Å²) in [4.78, 5) is 35.9. The maximum Gasteiger partial charge on any atom is 0.472 e. The molecular formula is C78H151NO8P+. The third-order valence-corrected chi connectivity index (χ3v) is 18.6. The van der Waals surface area contributed by atoms with E-state index in [1.807, 2.05) is 21.1 Å². The van der Waals surface area contributed by atoms with Gasteiger partial charge in [0.2, 0.25) is 0 Å². The molecule has 9 nitrogen and oxygen atoms in total. The van der Waals surface area contributed by atoms with Crippen molar-refractivity contribution in [2.45, 2.75) is 405 Å². The summed E-state index contributed by atoms with van der Waals surface area (Å²) in [6.07, 6.45) is 90.0. The Labute approximate surface area is 548 Å². The maximum absolute atomic E-state index is 12.9. The van der Waals surface area contributed by atoms with Crippen molar-refractivity contribution < 1.29 is 42.1 Å². The highest BCUT2D eigenvalue weighted by Crippen LogP contribution is 2.43. The number of hydrogen-bond donors (Lipinski definition) is 1. The van der Waals surface area contributed by atoms with Crippen LogP contribution >= 0.6 is 7.82 Å². The average Bonchev–Trinajstić information content (AvgIpc) is 3.68. The van der Waals surface area contributed by atoms with Gasteiger partial charge in [0.25, 0.3) is 0 Å². The smallest absolute Gasteiger partial charge is 0.462 e. The van der Waals surface area contributed by atoms with Crippen LogP contribution in [0.5, 0.6) is 0 Å². The van der Waals surface area contributed by atoms with Crippen molar-refractivity contribution in [3.8, 4) is 0 Å². The van der Waals surface area contributed by atoms with E-state index in [1.54, 1.807) is 0 Å². The SMILES string of the molecule is CCCCCCC/C=C\C/C=C\CCCCCCCCCCCCCCCCCCCC(=O)OC(COC(=O)CCCCCCCCCCCCCCCCCCCCCCCCC/C=C\CCCCCCCCCC)COP(=O)(O)OCC[N+](C)(C)C. The van der Waals surface area contributed by atoms with E-state index in [0.717, 1.165) is 38.5 Å². The molecular weight excluding hydrogens is 1110 g/mol. The highest BCUT2D eigenvalue weighted by Gasteiger charge is 2.27. The molecule has 0 saturated carbocycles. The Bertz CT molecular complexity index is 1580. The van der Waals surface area contributed by atoms with Crippen molar-refractivity contribution in [1.29, 1.82) is 0 Å². The third-order valence-electron chi connectivity index (χ3n) is 17.6. The van der Waals surface area contributed by atoms with Crippen LogP contribution in [-0.2, 0) is 32.7 Å². The van der Waals surface area contributed by atoms with E-state index in [9.17, 15) is 19.0 Å². The fourth-order valence-electron chi connectivity index (χ4n) is 11.7. The van der Waals surface area contributed by atoms with Crippen molar-refractivity contribution in [3.63, 3.8) is 0 Å². The minimum absolute atomic E-state index is 0.0348. The molecule has 0 heterocycles. The molecule has 0 aromatic carbocycles. The zero-order chi connectivity index (χ0) is 64.1. The molecule has 1 N–H and O–H groups in total. The van der Waals surface area contributed by atoms with Gasteiger partial charge in [0.05, 0.1) is 27.7 Å². The molecule has 2 unspecified atom stereocenters. The number of unbranched alkanes of at least 4 members (excludes halogenated alkanes) is 53. The molecule has 0 saturated heterocycles. The fourth-order valence-corrected chi connectivity index (χ4v) is 12.4. The van der Waals surface area contributed by atoms with Gasteiger partial charge in [-0.3, -0.25) is 18.6 Å². The molecule has 10 heteroatoms. The second kappa shape index (κ2) is 69.6. The molecule has 0 fully saturated rings. The minimum atomic E-state index is -4.39. The van der Waals surface area contributed by atoms with Crippen LogP contribution in [0.2, 0.25) is 0 Å². The highest BCUT2D eigenvalue weighted by atomic mass is 31.2. The number of esters is 2. The van der Waals surface area contributed by atoms with E-state index in [1.165, 1.54) is 327 Å². The monoisotopic (exact) mass is 1260 g/mol. The number of likely N-dealkylation sites (N-methyl/N-ethyl adjacent to an activating group) is 1. The number of phosphoric ester groups is 1. The molecule has 0 aromatic rings. The second-order valence-corrected chi connectivity index (χ2v) is 29.2. The van der Waals surface area contributed by atoms with E-state index in [-0.39, 0.29) is 25.6 Å². The first-order valence-corrected chi connectivity index (χ1v) is 40.2. The van der Waals surface area contributed by atoms with Gasteiger partial charge in [0.15, 0.2) is 6.10 Å². The first kappa shape index (κ1) is 86.2. The number of ether oxygens (including phenoxy) is 2. The summed E-state index contributed by atoms with van der Waals surface area (Å²) in [5, 5.41) is 0. The van der Waals surface area contributed by atoms with Crippen molar-refractivity contribution in [1.82, 2.24) is 0 Å². The van der Waals surface area contributed by atoms with Crippen LogP contribution in [0, 0.1) is 0 Å². The standard InChI is InChI=1S/C78H150NO8P/c1-6-8-10-12-14-16-18-20-22-24-26-28-30-32-34-36-37-38-39-40-41-43-44-46-48-50-52-54-56-58-60-62-64-66-68-70-77(80)84-74-76(75-86-88(82,83)85-73-72-79(3,4)5)87-78(81)71-69-67-65-63-61-59-57-55-53-51-49-47-45-42-35-33-31-29-27-25-23-21-19-17-15-13-11-9-7-2/h19,21,24-27,76H,6-18,20,22-23,28-75H2,1-5H3/p+1/b21-19-,26-24-,27-25-. The van der Waals surface area contributed by atoms with Gasteiger partial charge in [-0.25, -0.2) is 4.57 Å². The van der Waals surface area contributed by atoms with Crippen molar-refractivity contribution in [2.24, 2.45) is 0 Å². The van der Waals surface area contributed by atoms with Crippen molar-refractivity contribution in [2.75, 3.05) is 47.5 Å². The molecule has 0 aromatic heterocycles. The number of phosphoric acid groups is 1. The summed E-state index contributed by atoms with van der Waals surface area (Å²) in [7, 11) is 1.50. The van der Waals surface area contributed by atoms with Gasteiger partial charge >= 0.3 is 19.8 Å². The van der Waals surface area contributed by atoms with E-state index in [4.69, 9.17) is 18.5 Å². The molecule has 0 aliphatic carbocycles. The number of rotatable bonds is 73. The predicted molar refractivity (Wildman–Crippen MR) is 381 cm³/mol. The zero-order valence-electron chi connectivity index (χ0n) is 59.5. The largest absolute Gasteiger partial charge is 0.472 e. The highest BCUT2D eigenvalue weighted by molar-refractivity contribution is 7.47. The van der Waals surface area contributed by atoms with Gasteiger partial charge in [0.1, 0.15) is 19.8 Å². The topological polar surface area (TPSA) is 108 Å². The number of quaternary nitrogens is 1. The summed E-state index contributed by atoms with van der Waals surface area (Å²) >= 11 is 0. The Kier molecular flexibility index (Phi) is 68.2. The van der Waals surface area contributed by atoms with E-state index in [0.29, 0.717) is 23.9 Å². The maximum atomic E-state index is 12.9. The molecule has 0 spiro atoms. The number of carbonyl (C=O) groups is 2. The lowest BCUT2D eigenvalue weighted by atomic mass is 10.0. The summed E-state index contributed by atoms with van der Waals surface area (Å²) in [6.45, 7) is 4.50. The summed E-state index contributed by atoms with van der Waals surface area (Å²) in [5.41, 5.74) is 0. The first-order valence-electron chi connectivity index (χ1n) is 38.7. The van der Waals surface area contributed by atoms with E-state index >= 15 is 0 Å². The molecule has 0 bridgehead atoms. The lowest BCUT2D eigenvalue weighted by molar-refractivity contribution is -0.870. The van der Waals surface area contributed by atoms with Gasteiger partial charge < -0.3 is 18.9 Å². The molecule has 88 heavy (non-hydrogen) atoms. The number of hydrogen-bond acceptors (Lipinski definition) is 7. The minimum Gasteiger partial charge on any atom is -0.462 e. The van der Waals surface area contributed by atoms with Gasteiger partial charge in [-0.05, 0) is 70.6 Å². The normalized spacial score (nSPS) is 13.2. The molecule has 0 radical (unpaired) electrons. The van der Waals surface area contributed by atoms with Gasteiger partial charge in [-0.15, -0.1) is 0 Å². The summed E-state index contributed by atoms with van der Waals surface area (Å²) in [6, 6.07) is 0. The Balaban J connectivity index is 3.92. The summed E-state index contributed by atoms with van der Waals surface area (Å²) in [5.74, 6) is -0.773. The van der Waals surface area contributed by atoms with Gasteiger partial charge in [0, 0.05) is 12.8 Å².